The van der Waals surface area contributed by atoms with Crippen molar-refractivity contribution in [3.05, 3.63) is 48.0 Å². The monoisotopic (exact) mass is 290 g/mol. The normalized spacial score (nSPS) is 10.6. The van der Waals surface area contributed by atoms with Crippen LogP contribution >= 0.6 is 0 Å². The van der Waals surface area contributed by atoms with Gasteiger partial charge in [-0.3, -0.25) is 4.79 Å². The fourth-order valence-corrected chi connectivity index (χ4v) is 1.85. The summed E-state index contributed by atoms with van der Waals surface area (Å²) in [5, 5.41) is 3.05. The number of carbonyl (C=O) groups excluding carboxylic acids is 1. The third-order valence-corrected chi connectivity index (χ3v) is 3.27. The molecule has 1 heterocycles. The van der Waals surface area contributed by atoms with Crippen LogP contribution in [0.15, 0.2) is 40.8 Å². The Balaban J connectivity index is 1.89. The van der Waals surface area contributed by atoms with Gasteiger partial charge in [-0.2, -0.15) is 0 Å². The predicted molar refractivity (Wildman–Crippen MR) is 79.1 cm³/mol. The Hall–Kier alpha value is -2.14. The van der Waals surface area contributed by atoms with Gasteiger partial charge in [-0.15, -0.1) is 0 Å². The van der Waals surface area contributed by atoms with Crippen molar-refractivity contribution in [1.82, 2.24) is 10.2 Å². The van der Waals surface area contributed by atoms with E-state index in [1.807, 2.05) is 19.1 Å². The van der Waals surface area contributed by atoms with Crippen molar-refractivity contribution in [3.8, 4) is 11.3 Å². The Bertz CT molecular complexity index is 593. The van der Waals surface area contributed by atoms with E-state index >= 15 is 0 Å². The smallest absolute Gasteiger partial charge is 0.236 e. The second-order valence-electron chi connectivity index (χ2n) is 4.78. The molecule has 1 aromatic heterocycles. The molecule has 1 N–H and O–H groups in total. The van der Waals surface area contributed by atoms with Gasteiger partial charge in [0.2, 0.25) is 5.91 Å². The van der Waals surface area contributed by atoms with Gasteiger partial charge in [-0.05, 0) is 43.3 Å². The summed E-state index contributed by atoms with van der Waals surface area (Å²) in [4.78, 5) is 13.3. The van der Waals surface area contributed by atoms with Crippen LogP contribution in [-0.2, 0) is 11.3 Å². The molecule has 5 heteroatoms. The Labute approximate surface area is 123 Å². The summed E-state index contributed by atoms with van der Waals surface area (Å²) < 4.78 is 18.5. The van der Waals surface area contributed by atoms with Crippen LogP contribution in [-0.4, -0.2) is 30.9 Å². The minimum absolute atomic E-state index is 0.0443. The third kappa shape index (κ3) is 4.16. The summed E-state index contributed by atoms with van der Waals surface area (Å²) in [6.45, 7) is 3.37. The minimum atomic E-state index is -0.272. The standard InChI is InChI=1S/C16H19FN2O2/c1-3-19(2)16(20)11-18-10-14-8-9-15(21-14)12-4-6-13(17)7-5-12/h4-9,18H,3,10-11H2,1-2H3. The number of benzene rings is 1. The molecule has 0 radical (unpaired) electrons. The van der Waals surface area contributed by atoms with Gasteiger partial charge in [0.15, 0.2) is 0 Å². The first-order valence-electron chi connectivity index (χ1n) is 6.89. The first-order valence-corrected chi connectivity index (χ1v) is 6.89. The number of carbonyl (C=O) groups is 1. The van der Waals surface area contributed by atoms with Crippen LogP contribution in [0.25, 0.3) is 11.3 Å². The zero-order valence-electron chi connectivity index (χ0n) is 12.2. The SMILES string of the molecule is CCN(C)C(=O)CNCc1ccc(-c2ccc(F)cc2)o1. The number of halogens is 1. The molecule has 1 amide bonds. The van der Waals surface area contributed by atoms with Crippen LogP contribution < -0.4 is 5.32 Å². The third-order valence-electron chi connectivity index (χ3n) is 3.27. The summed E-state index contributed by atoms with van der Waals surface area (Å²) >= 11 is 0. The molecule has 0 saturated heterocycles. The molecular formula is C16H19FN2O2. The van der Waals surface area contributed by atoms with E-state index in [0.29, 0.717) is 18.8 Å². The molecular weight excluding hydrogens is 271 g/mol. The van der Waals surface area contributed by atoms with Gasteiger partial charge in [0.25, 0.3) is 0 Å². The molecule has 0 aliphatic heterocycles. The summed E-state index contributed by atoms with van der Waals surface area (Å²) in [6.07, 6.45) is 0. The lowest BCUT2D eigenvalue weighted by Gasteiger charge is -2.14. The fraction of sp³-hybridized carbons (Fsp3) is 0.312. The number of amides is 1. The molecule has 2 rings (SSSR count). The maximum atomic E-state index is 12.9. The first kappa shape index (κ1) is 15.3. The molecule has 0 saturated carbocycles. The molecule has 0 aliphatic carbocycles. The number of nitrogens with zero attached hydrogens (tertiary/aromatic N) is 1. The molecule has 0 bridgehead atoms. The van der Waals surface area contributed by atoms with Gasteiger partial charge in [-0.25, -0.2) is 4.39 Å². The maximum absolute atomic E-state index is 12.9. The van der Waals surface area contributed by atoms with E-state index in [2.05, 4.69) is 5.32 Å². The van der Waals surface area contributed by atoms with E-state index in [1.165, 1.54) is 12.1 Å². The zero-order valence-corrected chi connectivity index (χ0v) is 12.2. The summed E-state index contributed by atoms with van der Waals surface area (Å²) in [5.74, 6) is 1.19. The molecule has 0 aliphatic rings. The summed E-state index contributed by atoms with van der Waals surface area (Å²) in [5.41, 5.74) is 0.824. The van der Waals surface area contributed by atoms with Gasteiger partial charge in [-0.1, -0.05) is 0 Å². The quantitative estimate of drug-likeness (QED) is 0.889. The van der Waals surface area contributed by atoms with E-state index in [1.54, 1.807) is 24.1 Å². The number of hydrogen-bond donors (Lipinski definition) is 1. The van der Waals surface area contributed by atoms with E-state index in [9.17, 15) is 9.18 Å². The first-order chi connectivity index (χ1) is 10.1. The van der Waals surface area contributed by atoms with Crippen molar-refractivity contribution in [2.24, 2.45) is 0 Å². The van der Waals surface area contributed by atoms with Gasteiger partial charge in [0.1, 0.15) is 17.3 Å². The molecule has 0 spiro atoms. The van der Waals surface area contributed by atoms with Crippen molar-refractivity contribution in [1.29, 1.82) is 0 Å². The molecule has 0 unspecified atom stereocenters. The van der Waals surface area contributed by atoms with Gasteiger partial charge >= 0.3 is 0 Å². The lowest BCUT2D eigenvalue weighted by Crippen LogP contribution is -2.35. The fourth-order valence-electron chi connectivity index (χ4n) is 1.85. The average Bonchev–Trinajstić information content (AvgIpc) is 2.95. The molecule has 0 fully saturated rings. The molecule has 2 aromatic rings. The Morgan fingerprint density at radius 3 is 2.62 bits per heavy atom. The van der Waals surface area contributed by atoms with Gasteiger partial charge in [0.05, 0.1) is 13.1 Å². The number of hydrogen-bond acceptors (Lipinski definition) is 3. The maximum Gasteiger partial charge on any atom is 0.236 e. The lowest BCUT2D eigenvalue weighted by molar-refractivity contribution is -0.128. The van der Waals surface area contributed by atoms with Crippen LogP contribution in [0.4, 0.5) is 4.39 Å². The molecule has 0 atom stereocenters. The number of nitrogens with one attached hydrogen (secondary N) is 1. The Kier molecular flexibility index (Phi) is 5.11. The van der Waals surface area contributed by atoms with Crippen LogP contribution in [0.1, 0.15) is 12.7 Å². The summed E-state index contributed by atoms with van der Waals surface area (Å²) in [7, 11) is 1.77. The lowest BCUT2D eigenvalue weighted by atomic mass is 10.2. The van der Waals surface area contributed by atoms with Gasteiger partial charge < -0.3 is 14.6 Å². The zero-order chi connectivity index (χ0) is 15.2. The van der Waals surface area contributed by atoms with Crippen molar-refractivity contribution in [2.75, 3.05) is 20.1 Å². The second kappa shape index (κ2) is 7.04. The highest BCUT2D eigenvalue weighted by Gasteiger charge is 2.08. The van der Waals surface area contributed by atoms with Crippen LogP contribution in [0, 0.1) is 5.82 Å². The second-order valence-corrected chi connectivity index (χ2v) is 4.78. The van der Waals surface area contributed by atoms with Crippen LogP contribution in [0.3, 0.4) is 0 Å². The topological polar surface area (TPSA) is 45.5 Å². The van der Waals surface area contributed by atoms with E-state index < -0.39 is 0 Å². The highest BCUT2D eigenvalue weighted by atomic mass is 19.1. The van der Waals surface area contributed by atoms with Crippen molar-refractivity contribution >= 4 is 5.91 Å². The Morgan fingerprint density at radius 2 is 1.95 bits per heavy atom. The number of rotatable bonds is 6. The minimum Gasteiger partial charge on any atom is -0.460 e. The highest BCUT2D eigenvalue weighted by Crippen LogP contribution is 2.22. The number of furan rings is 1. The van der Waals surface area contributed by atoms with Gasteiger partial charge in [0, 0.05) is 19.2 Å². The highest BCUT2D eigenvalue weighted by molar-refractivity contribution is 5.77. The molecule has 1 aromatic carbocycles. The molecule has 4 nitrogen and oxygen atoms in total. The Morgan fingerprint density at radius 1 is 1.24 bits per heavy atom. The van der Waals surface area contributed by atoms with Crippen molar-refractivity contribution in [2.45, 2.75) is 13.5 Å². The summed E-state index contributed by atoms with van der Waals surface area (Å²) in [6, 6.07) is 9.82. The molecule has 21 heavy (non-hydrogen) atoms. The predicted octanol–water partition coefficient (Wildman–Crippen LogP) is 2.65. The number of likely N-dealkylation sites (N-methyl/N-ethyl adjacent to an activating group) is 1. The average molecular weight is 290 g/mol. The van der Waals surface area contributed by atoms with Crippen molar-refractivity contribution < 1.29 is 13.6 Å². The largest absolute Gasteiger partial charge is 0.460 e. The van der Waals surface area contributed by atoms with Crippen LogP contribution in [0.5, 0.6) is 0 Å². The van der Waals surface area contributed by atoms with Crippen molar-refractivity contribution in [3.63, 3.8) is 0 Å². The van der Waals surface area contributed by atoms with E-state index in [4.69, 9.17) is 4.42 Å². The molecule has 112 valence electrons. The van der Waals surface area contributed by atoms with E-state index in [-0.39, 0.29) is 18.3 Å². The van der Waals surface area contributed by atoms with E-state index in [0.717, 1.165) is 11.3 Å². The van der Waals surface area contributed by atoms with Crippen LogP contribution in [0.2, 0.25) is 0 Å².